The summed E-state index contributed by atoms with van der Waals surface area (Å²) in [5, 5.41) is 14.3. The number of nitrogens with one attached hydrogen (secondary N) is 1. The number of benzene rings is 3. The predicted molar refractivity (Wildman–Crippen MR) is 124 cm³/mol. The second kappa shape index (κ2) is 8.04. The van der Waals surface area contributed by atoms with Gasteiger partial charge in [-0.3, -0.25) is 14.9 Å². The van der Waals surface area contributed by atoms with E-state index in [0.717, 1.165) is 22.4 Å². The molecule has 0 saturated heterocycles. The molecule has 0 aliphatic carbocycles. The van der Waals surface area contributed by atoms with Crippen LogP contribution in [0.2, 0.25) is 0 Å². The summed E-state index contributed by atoms with van der Waals surface area (Å²) in [6, 6.07) is 19.5. The van der Waals surface area contributed by atoms with Gasteiger partial charge in [0.1, 0.15) is 11.5 Å². The molecule has 1 N–H and O–H groups in total. The van der Waals surface area contributed by atoms with E-state index in [1.807, 2.05) is 48.0 Å². The molecule has 0 unspecified atom stereocenters. The Morgan fingerprint density at radius 1 is 1.06 bits per heavy atom. The van der Waals surface area contributed by atoms with Crippen molar-refractivity contribution in [2.45, 2.75) is 0 Å². The first-order valence-corrected chi connectivity index (χ1v) is 10.1. The van der Waals surface area contributed by atoms with Crippen LogP contribution in [0.25, 0.3) is 28.1 Å². The lowest BCUT2D eigenvalue weighted by Gasteiger charge is -2.09. The Bertz CT molecular complexity index is 1490. The summed E-state index contributed by atoms with van der Waals surface area (Å²) >= 11 is 0. The first kappa shape index (κ1) is 20.1. The molecule has 0 aliphatic heterocycles. The summed E-state index contributed by atoms with van der Waals surface area (Å²) in [5.41, 5.74) is 3.76. The third kappa shape index (κ3) is 3.72. The van der Waals surface area contributed by atoms with E-state index in [-0.39, 0.29) is 11.3 Å². The van der Waals surface area contributed by atoms with Crippen molar-refractivity contribution < 1.29 is 9.72 Å². The molecule has 5 rings (SSSR count). The number of nitrogens with zero attached hydrogens (tertiary/aromatic N) is 5. The number of hydrogen-bond acceptors (Lipinski definition) is 5. The minimum atomic E-state index is -0.516. The van der Waals surface area contributed by atoms with E-state index in [0.29, 0.717) is 11.4 Å². The van der Waals surface area contributed by atoms with E-state index in [9.17, 15) is 14.9 Å². The van der Waals surface area contributed by atoms with Gasteiger partial charge in [-0.05, 0) is 48.5 Å². The highest BCUT2D eigenvalue weighted by molar-refractivity contribution is 6.05. The van der Waals surface area contributed by atoms with Crippen LogP contribution >= 0.6 is 0 Å². The Labute approximate surface area is 188 Å². The summed E-state index contributed by atoms with van der Waals surface area (Å²) in [6.07, 6.45) is 4.60. The van der Waals surface area contributed by atoms with E-state index in [4.69, 9.17) is 0 Å². The van der Waals surface area contributed by atoms with Gasteiger partial charge in [0.2, 0.25) is 0 Å². The van der Waals surface area contributed by atoms with Crippen LogP contribution in [-0.4, -0.2) is 29.9 Å². The number of nitro groups is 1. The van der Waals surface area contributed by atoms with Gasteiger partial charge in [-0.25, -0.2) is 9.97 Å². The normalized spacial score (nSPS) is 10.9. The Morgan fingerprint density at radius 3 is 2.55 bits per heavy atom. The molecule has 9 heteroatoms. The smallest absolute Gasteiger partial charge is 0.294 e. The summed E-state index contributed by atoms with van der Waals surface area (Å²) in [4.78, 5) is 32.4. The number of anilines is 1. The van der Waals surface area contributed by atoms with Gasteiger partial charge in [0.05, 0.1) is 22.3 Å². The molecule has 0 bridgehead atoms. The quantitative estimate of drug-likeness (QED) is 0.319. The van der Waals surface area contributed by atoms with Crippen LogP contribution in [0.3, 0.4) is 0 Å². The standard InChI is InChI=1S/C24H18N6O3/c1-28-20-5-3-2-4-19(20)27-23(28)16-6-9-18(10-7-16)26-24(31)17-8-11-21(22(14-17)30(32)33)29-13-12-25-15-29/h2-15H,1H3,(H,26,31). The maximum Gasteiger partial charge on any atom is 0.294 e. The van der Waals surface area contributed by atoms with Gasteiger partial charge in [0.25, 0.3) is 11.6 Å². The maximum absolute atomic E-state index is 12.7. The van der Waals surface area contributed by atoms with E-state index in [1.54, 1.807) is 24.4 Å². The molecule has 9 nitrogen and oxygen atoms in total. The summed E-state index contributed by atoms with van der Waals surface area (Å²) in [7, 11) is 1.96. The SMILES string of the molecule is Cn1c(-c2ccc(NC(=O)c3ccc(-n4ccnc4)c([N+](=O)[O-])c3)cc2)nc2ccccc21. The van der Waals surface area contributed by atoms with Gasteiger partial charge in [0.15, 0.2) is 0 Å². The molecule has 0 aliphatic rings. The van der Waals surface area contributed by atoms with Crippen molar-refractivity contribution in [3.63, 3.8) is 0 Å². The number of amides is 1. The zero-order valence-corrected chi connectivity index (χ0v) is 17.5. The number of nitro benzene ring substituents is 1. The van der Waals surface area contributed by atoms with Gasteiger partial charge >= 0.3 is 0 Å². The number of carbonyl (C=O) groups excluding carboxylic acids is 1. The van der Waals surface area contributed by atoms with Gasteiger partial charge in [-0.1, -0.05) is 12.1 Å². The topological polar surface area (TPSA) is 108 Å². The Balaban J connectivity index is 1.38. The minimum absolute atomic E-state index is 0.183. The molecule has 1 amide bonds. The van der Waals surface area contributed by atoms with Crippen molar-refractivity contribution in [2.75, 3.05) is 5.32 Å². The van der Waals surface area contributed by atoms with Crippen LogP contribution in [-0.2, 0) is 7.05 Å². The Kier molecular flexibility index (Phi) is 4.91. The van der Waals surface area contributed by atoms with Crippen LogP contribution in [0.4, 0.5) is 11.4 Å². The van der Waals surface area contributed by atoms with Crippen LogP contribution in [0.1, 0.15) is 10.4 Å². The molecule has 0 spiro atoms. The maximum atomic E-state index is 12.7. The molecule has 33 heavy (non-hydrogen) atoms. The molecule has 0 atom stereocenters. The minimum Gasteiger partial charge on any atom is -0.327 e. The van der Waals surface area contributed by atoms with Crippen molar-refractivity contribution >= 4 is 28.3 Å². The molecule has 0 fully saturated rings. The average Bonchev–Trinajstić information content (AvgIpc) is 3.48. The molecule has 3 aromatic carbocycles. The van der Waals surface area contributed by atoms with E-state index >= 15 is 0 Å². The first-order chi connectivity index (χ1) is 16.0. The number of fused-ring (bicyclic) bond motifs is 1. The third-order valence-corrected chi connectivity index (χ3v) is 5.40. The second-order valence-corrected chi connectivity index (χ2v) is 7.45. The van der Waals surface area contributed by atoms with Gasteiger partial charge in [0, 0.05) is 42.3 Å². The van der Waals surface area contributed by atoms with Crippen LogP contribution < -0.4 is 5.32 Å². The Hall–Kier alpha value is -4.79. The fourth-order valence-electron chi connectivity index (χ4n) is 3.74. The number of para-hydroxylation sites is 2. The number of hydrogen-bond donors (Lipinski definition) is 1. The van der Waals surface area contributed by atoms with Crippen molar-refractivity contribution in [1.82, 2.24) is 19.1 Å². The second-order valence-electron chi connectivity index (χ2n) is 7.45. The lowest BCUT2D eigenvalue weighted by Crippen LogP contribution is -2.12. The number of carbonyl (C=O) groups is 1. The van der Waals surface area contributed by atoms with Crippen molar-refractivity contribution in [3.8, 4) is 17.1 Å². The fourth-order valence-corrected chi connectivity index (χ4v) is 3.74. The number of rotatable bonds is 5. The van der Waals surface area contributed by atoms with Gasteiger partial charge in [-0.15, -0.1) is 0 Å². The van der Waals surface area contributed by atoms with Crippen molar-refractivity contribution in [2.24, 2.45) is 7.05 Å². The van der Waals surface area contributed by atoms with Gasteiger partial charge in [-0.2, -0.15) is 0 Å². The number of aromatic nitrogens is 4. The highest BCUT2D eigenvalue weighted by Crippen LogP contribution is 2.26. The monoisotopic (exact) mass is 438 g/mol. The molecule has 0 saturated carbocycles. The highest BCUT2D eigenvalue weighted by atomic mass is 16.6. The molecular weight excluding hydrogens is 420 g/mol. The number of imidazole rings is 2. The number of aryl methyl sites for hydroxylation is 1. The highest BCUT2D eigenvalue weighted by Gasteiger charge is 2.19. The third-order valence-electron chi connectivity index (χ3n) is 5.40. The Morgan fingerprint density at radius 2 is 1.85 bits per heavy atom. The lowest BCUT2D eigenvalue weighted by atomic mass is 10.1. The molecular formula is C24H18N6O3. The molecule has 2 heterocycles. The largest absolute Gasteiger partial charge is 0.327 e. The average molecular weight is 438 g/mol. The zero-order chi connectivity index (χ0) is 22.9. The molecule has 0 radical (unpaired) electrons. The fraction of sp³-hybridized carbons (Fsp3) is 0.0417. The van der Waals surface area contributed by atoms with Crippen LogP contribution in [0, 0.1) is 10.1 Å². The van der Waals surface area contributed by atoms with Crippen molar-refractivity contribution in [1.29, 1.82) is 0 Å². The van der Waals surface area contributed by atoms with E-state index in [2.05, 4.69) is 15.3 Å². The van der Waals surface area contributed by atoms with E-state index < -0.39 is 10.8 Å². The van der Waals surface area contributed by atoms with Crippen LogP contribution in [0.5, 0.6) is 0 Å². The predicted octanol–water partition coefficient (Wildman–Crippen LogP) is 4.59. The summed E-state index contributed by atoms with van der Waals surface area (Å²) < 4.78 is 3.55. The molecule has 5 aromatic rings. The first-order valence-electron chi connectivity index (χ1n) is 10.1. The molecule has 2 aromatic heterocycles. The van der Waals surface area contributed by atoms with Gasteiger partial charge < -0.3 is 14.5 Å². The van der Waals surface area contributed by atoms with E-state index in [1.165, 1.54) is 29.2 Å². The summed E-state index contributed by atoms with van der Waals surface area (Å²) in [5.74, 6) is 0.380. The van der Waals surface area contributed by atoms with Crippen molar-refractivity contribution in [3.05, 3.63) is 101 Å². The zero-order valence-electron chi connectivity index (χ0n) is 17.5. The molecule has 162 valence electrons. The lowest BCUT2D eigenvalue weighted by molar-refractivity contribution is -0.384. The summed E-state index contributed by atoms with van der Waals surface area (Å²) in [6.45, 7) is 0. The van der Waals surface area contributed by atoms with Crippen LogP contribution in [0.15, 0.2) is 85.5 Å².